The van der Waals surface area contributed by atoms with Gasteiger partial charge < -0.3 is 19.5 Å². The van der Waals surface area contributed by atoms with Crippen molar-refractivity contribution < 1.29 is 36.6 Å². The highest BCUT2D eigenvalue weighted by Gasteiger charge is 2.36. The van der Waals surface area contributed by atoms with Gasteiger partial charge in [-0.05, 0) is 39.2 Å². The monoisotopic (exact) mass is 549 g/mol. The van der Waals surface area contributed by atoms with Crippen LogP contribution in [0.4, 0.5) is 20.6 Å². The van der Waals surface area contributed by atoms with Gasteiger partial charge in [-0.25, -0.2) is 18.2 Å². The number of fused-ring (bicyclic) bond motifs is 1. The maximum atomic E-state index is 16.1. The van der Waals surface area contributed by atoms with E-state index in [0.29, 0.717) is 29.4 Å². The summed E-state index contributed by atoms with van der Waals surface area (Å²) in [5.74, 6) is -2.01. The Bertz CT molecular complexity index is 1280. The van der Waals surface area contributed by atoms with Gasteiger partial charge >= 0.3 is 22.3 Å². The van der Waals surface area contributed by atoms with Gasteiger partial charge in [0.25, 0.3) is 0 Å². The first kappa shape index (κ1) is 28.8. The van der Waals surface area contributed by atoms with E-state index in [1.54, 1.807) is 49.8 Å². The lowest BCUT2D eigenvalue weighted by Crippen LogP contribution is -2.47. The number of amides is 1. The molecule has 206 valence electrons. The first-order valence-corrected chi connectivity index (χ1v) is 13.4. The number of hydrogen-bond donors (Lipinski definition) is 2. The summed E-state index contributed by atoms with van der Waals surface area (Å²) in [6, 6.07) is 10.5. The summed E-state index contributed by atoms with van der Waals surface area (Å²) in [5.41, 5.74) is -0.0470. The van der Waals surface area contributed by atoms with Gasteiger partial charge in [0.05, 0.1) is 0 Å². The van der Waals surface area contributed by atoms with Crippen molar-refractivity contribution in [3.63, 3.8) is 0 Å². The smallest absolute Gasteiger partial charge is 0.422 e. The number of benzene rings is 2. The summed E-state index contributed by atoms with van der Waals surface area (Å²) < 4.78 is 61.0. The molecule has 0 spiro atoms. The van der Waals surface area contributed by atoms with Crippen molar-refractivity contribution in [3.05, 3.63) is 66.0 Å². The Kier molecular flexibility index (Phi) is 9.21. The Balaban J connectivity index is 2.11. The molecule has 0 saturated heterocycles. The molecule has 2 N–H and O–H groups in total. The summed E-state index contributed by atoms with van der Waals surface area (Å²) in [5, 5.41) is 3.10. The van der Waals surface area contributed by atoms with E-state index in [9.17, 15) is 18.0 Å². The normalized spacial score (nSPS) is 12.9. The molecule has 1 aliphatic heterocycles. The molecule has 1 aliphatic rings. The van der Waals surface area contributed by atoms with Crippen LogP contribution in [0.25, 0.3) is 0 Å². The van der Waals surface area contributed by atoms with Crippen LogP contribution in [-0.2, 0) is 37.5 Å². The zero-order valence-corrected chi connectivity index (χ0v) is 22.4. The molecule has 3 rings (SSSR count). The lowest BCUT2D eigenvalue weighted by molar-refractivity contribution is -0.152. The Morgan fingerprint density at radius 1 is 1.24 bits per heavy atom. The van der Waals surface area contributed by atoms with E-state index in [1.165, 1.54) is 12.1 Å². The van der Waals surface area contributed by atoms with Crippen molar-refractivity contribution >= 4 is 33.6 Å². The highest BCUT2D eigenvalue weighted by Crippen LogP contribution is 2.41. The second-order valence-electron chi connectivity index (χ2n) is 9.46. The standard InChI is InChI=1S/C26H32FN3O7S/c1-5-14-35-25(32)29-38(33,34)30(16-22(31)37-26(2,3)4)24-21(36-17-18-10-7-6-8-11-18)15-20-19(23(24)27)12-9-13-28-20/h5-8,10-11,15,28H,1,9,12-14,16-17H2,2-4H3,(H,29,32). The van der Waals surface area contributed by atoms with E-state index in [-0.39, 0.29) is 24.5 Å². The Labute approximate surface area is 221 Å². The summed E-state index contributed by atoms with van der Waals surface area (Å²) >= 11 is 0. The fourth-order valence-electron chi connectivity index (χ4n) is 3.72. The summed E-state index contributed by atoms with van der Waals surface area (Å²) in [7, 11) is -4.88. The number of carbonyl (C=O) groups excluding carboxylic acids is 2. The number of rotatable bonds is 10. The Hall–Kier alpha value is -3.80. The second kappa shape index (κ2) is 12.2. The van der Waals surface area contributed by atoms with Gasteiger partial charge in [-0.15, -0.1) is 0 Å². The van der Waals surface area contributed by atoms with Crippen LogP contribution in [0, 0.1) is 5.82 Å². The fourth-order valence-corrected chi connectivity index (χ4v) is 4.79. The molecule has 0 atom stereocenters. The summed E-state index contributed by atoms with van der Waals surface area (Å²) in [6.45, 7) is 7.59. The maximum Gasteiger partial charge on any atom is 0.422 e. The van der Waals surface area contributed by atoms with Crippen molar-refractivity contribution in [1.82, 2.24) is 4.72 Å². The van der Waals surface area contributed by atoms with Crippen molar-refractivity contribution in [2.45, 2.75) is 45.8 Å². The molecular weight excluding hydrogens is 517 g/mol. The molecular formula is C26H32FN3O7S. The van der Waals surface area contributed by atoms with Crippen molar-refractivity contribution in [1.29, 1.82) is 0 Å². The number of esters is 1. The first-order valence-electron chi connectivity index (χ1n) is 12.0. The largest absolute Gasteiger partial charge is 0.487 e. The number of carbonyl (C=O) groups is 2. The average Bonchev–Trinajstić information content (AvgIpc) is 2.84. The molecule has 2 aromatic carbocycles. The molecule has 2 aromatic rings. The number of nitrogens with one attached hydrogen (secondary N) is 2. The number of halogens is 1. The lowest BCUT2D eigenvalue weighted by atomic mass is 10.0. The highest BCUT2D eigenvalue weighted by atomic mass is 32.2. The molecule has 0 bridgehead atoms. The van der Waals surface area contributed by atoms with E-state index in [4.69, 9.17) is 14.2 Å². The van der Waals surface area contributed by atoms with E-state index in [0.717, 1.165) is 5.56 Å². The minimum atomic E-state index is -4.88. The number of anilines is 2. The zero-order valence-electron chi connectivity index (χ0n) is 21.6. The van der Waals surface area contributed by atoms with Gasteiger partial charge in [-0.2, -0.15) is 8.42 Å². The second-order valence-corrected chi connectivity index (χ2v) is 11.1. The quantitative estimate of drug-likeness (QED) is 0.336. The van der Waals surface area contributed by atoms with Crippen LogP contribution in [0.15, 0.2) is 49.1 Å². The number of ether oxygens (including phenoxy) is 3. The van der Waals surface area contributed by atoms with E-state index in [2.05, 4.69) is 11.9 Å². The van der Waals surface area contributed by atoms with Gasteiger partial charge in [0.2, 0.25) is 0 Å². The lowest BCUT2D eigenvalue weighted by Gasteiger charge is -2.30. The van der Waals surface area contributed by atoms with Crippen LogP contribution < -0.4 is 19.1 Å². The summed E-state index contributed by atoms with van der Waals surface area (Å²) in [4.78, 5) is 24.9. The van der Waals surface area contributed by atoms with Crippen LogP contribution in [0.1, 0.15) is 38.3 Å². The van der Waals surface area contributed by atoms with Crippen LogP contribution in [0.5, 0.6) is 5.75 Å². The molecule has 0 fully saturated rings. The van der Waals surface area contributed by atoms with Crippen molar-refractivity contribution in [2.75, 3.05) is 29.3 Å². The minimum absolute atomic E-state index is 0.0127. The number of hydrogen-bond acceptors (Lipinski definition) is 8. The first-order chi connectivity index (χ1) is 17.9. The predicted molar refractivity (Wildman–Crippen MR) is 141 cm³/mol. The third kappa shape index (κ3) is 7.60. The number of nitrogens with zero attached hydrogens (tertiary/aromatic N) is 1. The van der Waals surface area contributed by atoms with E-state index >= 15 is 4.39 Å². The highest BCUT2D eigenvalue weighted by molar-refractivity contribution is 7.91. The van der Waals surface area contributed by atoms with Gasteiger partial charge in [0.1, 0.15) is 36.8 Å². The fraction of sp³-hybridized carbons (Fsp3) is 0.385. The van der Waals surface area contributed by atoms with Gasteiger partial charge in [-0.1, -0.05) is 43.0 Å². The van der Waals surface area contributed by atoms with E-state index in [1.807, 2.05) is 6.07 Å². The maximum absolute atomic E-state index is 16.1. The molecule has 0 unspecified atom stereocenters. The SMILES string of the molecule is C=CCOC(=O)NS(=O)(=O)N(CC(=O)OC(C)(C)C)c1c(OCc2ccccc2)cc2c(c1F)CCCN2. The molecule has 10 nitrogen and oxygen atoms in total. The Morgan fingerprint density at radius 3 is 2.61 bits per heavy atom. The zero-order chi connectivity index (χ0) is 27.9. The van der Waals surface area contributed by atoms with Crippen LogP contribution in [0.2, 0.25) is 0 Å². The van der Waals surface area contributed by atoms with Gasteiger partial charge in [0.15, 0.2) is 5.82 Å². The average molecular weight is 550 g/mol. The van der Waals surface area contributed by atoms with Crippen LogP contribution in [0.3, 0.4) is 0 Å². The van der Waals surface area contributed by atoms with Gasteiger partial charge in [-0.3, -0.25) is 4.79 Å². The van der Waals surface area contributed by atoms with E-state index < -0.39 is 45.9 Å². The van der Waals surface area contributed by atoms with Crippen LogP contribution >= 0.6 is 0 Å². The molecule has 0 aromatic heterocycles. The predicted octanol–water partition coefficient (Wildman–Crippen LogP) is 4.07. The Morgan fingerprint density at radius 2 is 1.95 bits per heavy atom. The molecule has 38 heavy (non-hydrogen) atoms. The molecule has 0 aliphatic carbocycles. The summed E-state index contributed by atoms with van der Waals surface area (Å²) in [6.07, 6.45) is 0.857. The van der Waals surface area contributed by atoms with Crippen molar-refractivity contribution in [2.24, 2.45) is 0 Å². The van der Waals surface area contributed by atoms with Crippen LogP contribution in [-0.4, -0.2) is 45.8 Å². The third-order valence-electron chi connectivity index (χ3n) is 5.24. The minimum Gasteiger partial charge on any atom is -0.487 e. The molecule has 0 saturated carbocycles. The molecule has 1 heterocycles. The topological polar surface area (TPSA) is 123 Å². The van der Waals surface area contributed by atoms with Gasteiger partial charge in [0, 0.05) is 23.9 Å². The molecule has 1 amide bonds. The molecule has 12 heteroatoms. The third-order valence-corrected chi connectivity index (χ3v) is 6.56. The van der Waals surface area contributed by atoms with Crippen molar-refractivity contribution in [3.8, 4) is 5.75 Å². The molecule has 0 radical (unpaired) electrons.